The van der Waals surface area contributed by atoms with Gasteiger partial charge < -0.3 is 15.4 Å². The summed E-state index contributed by atoms with van der Waals surface area (Å²) in [6.07, 6.45) is 2.58. The number of anilines is 1. The predicted molar refractivity (Wildman–Crippen MR) is 74.2 cm³/mol. The van der Waals surface area contributed by atoms with Crippen molar-refractivity contribution in [3.63, 3.8) is 0 Å². The van der Waals surface area contributed by atoms with Crippen molar-refractivity contribution in [2.24, 2.45) is 0 Å². The SMILES string of the molecule is CC/C(C)=C/NC(=O)Nc1ccc(OC)c(Cl)c1. The van der Waals surface area contributed by atoms with E-state index in [9.17, 15) is 4.79 Å². The molecule has 0 saturated carbocycles. The van der Waals surface area contributed by atoms with Crippen molar-refractivity contribution >= 4 is 23.3 Å². The molecule has 1 aromatic carbocycles. The number of halogens is 1. The van der Waals surface area contributed by atoms with Crippen molar-refractivity contribution in [2.75, 3.05) is 12.4 Å². The Labute approximate surface area is 112 Å². The normalized spacial score (nSPS) is 11.0. The Morgan fingerprint density at radius 2 is 2.22 bits per heavy atom. The van der Waals surface area contributed by atoms with E-state index in [0.29, 0.717) is 16.5 Å². The zero-order chi connectivity index (χ0) is 13.5. The highest BCUT2D eigenvalue weighted by Gasteiger charge is 2.04. The van der Waals surface area contributed by atoms with Crippen molar-refractivity contribution in [1.82, 2.24) is 5.32 Å². The summed E-state index contributed by atoms with van der Waals surface area (Å²) in [4.78, 5) is 11.6. The van der Waals surface area contributed by atoms with Gasteiger partial charge >= 0.3 is 6.03 Å². The Morgan fingerprint density at radius 1 is 1.50 bits per heavy atom. The van der Waals surface area contributed by atoms with Gasteiger partial charge in [0.25, 0.3) is 0 Å². The fourth-order valence-electron chi connectivity index (χ4n) is 1.20. The second-order valence-corrected chi connectivity index (χ2v) is 4.20. The van der Waals surface area contributed by atoms with Gasteiger partial charge in [-0.15, -0.1) is 0 Å². The van der Waals surface area contributed by atoms with Crippen LogP contribution in [0, 0.1) is 0 Å². The lowest BCUT2D eigenvalue weighted by Crippen LogP contribution is -2.24. The standard InChI is InChI=1S/C13H17ClN2O2/c1-4-9(2)8-15-13(17)16-10-5-6-12(18-3)11(14)7-10/h5-8H,4H2,1-3H3,(H2,15,16,17)/b9-8+. The molecule has 4 nitrogen and oxygen atoms in total. The summed E-state index contributed by atoms with van der Waals surface area (Å²) >= 11 is 5.95. The third-order valence-electron chi connectivity index (χ3n) is 2.42. The Kier molecular flexibility index (Phi) is 5.52. The van der Waals surface area contributed by atoms with Gasteiger partial charge in [-0.25, -0.2) is 4.79 Å². The third-order valence-corrected chi connectivity index (χ3v) is 2.71. The molecule has 1 aromatic rings. The first-order valence-corrected chi connectivity index (χ1v) is 6.01. The number of hydrogen-bond donors (Lipinski definition) is 2. The summed E-state index contributed by atoms with van der Waals surface area (Å²) < 4.78 is 5.03. The molecule has 0 unspecified atom stereocenters. The molecule has 0 heterocycles. The van der Waals surface area contributed by atoms with Gasteiger partial charge in [0.05, 0.1) is 12.1 Å². The molecular weight excluding hydrogens is 252 g/mol. The fourth-order valence-corrected chi connectivity index (χ4v) is 1.46. The van der Waals surface area contributed by atoms with Crippen molar-refractivity contribution in [1.29, 1.82) is 0 Å². The highest BCUT2D eigenvalue weighted by molar-refractivity contribution is 6.32. The molecule has 0 aliphatic rings. The lowest BCUT2D eigenvalue weighted by molar-refractivity contribution is 0.255. The number of urea groups is 1. The molecule has 0 aromatic heterocycles. The van der Waals surface area contributed by atoms with Gasteiger partial charge in [0.1, 0.15) is 5.75 Å². The summed E-state index contributed by atoms with van der Waals surface area (Å²) in [5, 5.41) is 5.78. The minimum atomic E-state index is -0.302. The first-order chi connectivity index (χ1) is 8.56. The van der Waals surface area contributed by atoms with E-state index in [2.05, 4.69) is 10.6 Å². The first kappa shape index (κ1) is 14.4. The maximum atomic E-state index is 11.6. The van der Waals surface area contributed by atoms with Gasteiger partial charge in [0, 0.05) is 11.9 Å². The molecule has 1 rings (SSSR count). The molecule has 18 heavy (non-hydrogen) atoms. The predicted octanol–water partition coefficient (Wildman–Crippen LogP) is 3.78. The molecule has 0 atom stereocenters. The monoisotopic (exact) mass is 268 g/mol. The molecule has 0 spiro atoms. The Hall–Kier alpha value is -1.68. The van der Waals surface area contributed by atoms with Crippen LogP contribution in [0.4, 0.5) is 10.5 Å². The zero-order valence-corrected chi connectivity index (χ0v) is 11.5. The summed E-state index contributed by atoms with van der Waals surface area (Å²) in [5.41, 5.74) is 1.71. The van der Waals surface area contributed by atoms with Crippen LogP contribution in [-0.4, -0.2) is 13.1 Å². The van der Waals surface area contributed by atoms with Crippen molar-refractivity contribution < 1.29 is 9.53 Å². The number of methoxy groups -OCH3 is 1. The maximum absolute atomic E-state index is 11.6. The van der Waals surface area contributed by atoms with Gasteiger partial charge in [-0.3, -0.25) is 0 Å². The number of carbonyl (C=O) groups excluding carboxylic acids is 1. The number of benzene rings is 1. The van der Waals surface area contributed by atoms with Crippen molar-refractivity contribution in [3.8, 4) is 5.75 Å². The van der Waals surface area contributed by atoms with E-state index < -0.39 is 0 Å². The van der Waals surface area contributed by atoms with E-state index in [1.165, 1.54) is 0 Å². The van der Waals surface area contributed by atoms with Crippen LogP contribution < -0.4 is 15.4 Å². The molecule has 0 aliphatic heterocycles. The van der Waals surface area contributed by atoms with E-state index in [0.717, 1.165) is 12.0 Å². The molecule has 2 N–H and O–H groups in total. The number of amides is 2. The van der Waals surface area contributed by atoms with Crippen LogP contribution in [0.5, 0.6) is 5.75 Å². The molecule has 0 saturated heterocycles. The maximum Gasteiger partial charge on any atom is 0.323 e. The molecule has 98 valence electrons. The summed E-state index contributed by atoms with van der Waals surface area (Å²) in [6, 6.07) is 4.76. The van der Waals surface area contributed by atoms with Crippen LogP contribution in [0.25, 0.3) is 0 Å². The van der Waals surface area contributed by atoms with Crippen LogP contribution in [-0.2, 0) is 0 Å². The molecule has 0 bridgehead atoms. The number of nitrogens with one attached hydrogen (secondary N) is 2. The summed E-state index contributed by atoms with van der Waals surface area (Å²) in [5.74, 6) is 0.573. The lowest BCUT2D eigenvalue weighted by atomic mass is 10.3. The van der Waals surface area contributed by atoms with Crippen LogP contribution in [0.3, 0.4) is 0 Å². The minimum Gasteiger partial charge on any atom is -0.495 e. The van der Waals surface area contributed by atoms with Gasteiger partial charge in [-0.05, 0) is 31.5 Å². The fraction of sp³-hybridized carbons (Fsp3) is 0.308. The number of rotatable bonds is 4. The van der Waals surface area contributed by atoms with E-state index in [1.807, 2.05) is 13.8 Å². The third kappa shape index (κ3) is 4.30. The number of carbonyl (C=O) groups is 1. The van der Waals surface area contributed by atoms with Gasteiger partial charge in [-0.2, -0.15) is 0 Å². The summed E-state index contributed by atoms with van der Waals surface area (Å²) in [6.45, 7) is 3.97. The highest BCUT2D eigenvalue weighted by Crippen LogP contribution is 2.27. The molecule has 2 amide bonds. The minimum absolute atomic E-state index is 0.302. The smallest absolute Gasteiger partial charge is 0.323 e. The van der Waals surface area contributed by atoms with Crippen molar-refractivity contribution in [3.05, 3.63) is 35.0 Å². The first-order valence-electron chi connectivity index (χ1n) is 5.63. The quantitative estimate of drug-likeness (QED) is 0.873. The molecule has 5 heteroatoms. The number of allylic oxidation sites excluding steroid dienone is 1. The largest absolute Gasteiger partial charge is 0.495 e. The van der Waals surface area contributed by atoms with E-state index >= 15 is 0 Å². The zero-order valence-electron chi connectivity index (χ0n) is 10.7. The van der Waals surface area contributed by atoms with Crippen molar-refractivity contribution in [2.45, 2.75) is 20.3 Å². The molecular formula is C13H17ClN2O2. The second-order valence-electron chi connectivity index (χ2n) is 3.79. The van der Waals surface area contributed by atoms with E-state index in [4.69, 9.17) is 16.3 Å². The number of hydrogen-bond acceptors (Lipinski definition) is 2. The summed E-state index contributed by atoms with van der Waals surface area (Å²) in [7, 11) is 1.54. The van der Waals surface area contributed by atoms with Gasteiger partial charge in [-0.1, -0.05) is 24.1 Å². The van der Waals surface area contributed by atoms with Crippen LogP contribution in [0.15, 0.2) is 30.0 Å². The Balaban J connectivity index is 2.62. The number of ether oxygens (including phenoxy) is 1. The Bertz CT molecular complexity index is 458. The molecule has 0 aliphatic carbocycles. The van der Waals surface area contributed by atoms with Gasteiger partial charge in [0.15, 0.2) is 0 Å². The Morgan fingerprint density at radius 3 is 2.78 bits per heavy atom. The van der Waals surface area contributed by atoms with Crippen LogP contribution in [0.2, 0.25) is 5.02 Å². The lowest BCUT2D eigenvalue weighted by Gasteiger charge is -2.08. The molecule has 0 fully saturated rings. The second kappa shape index (κ2) is 6.91. The van der Waals surface area contributed by atoms with Crippen LogP contribution in [0.1, 0.15) is 20.3 Å². The average molecular weight is 269 g/mol. The van der Waals surface area contributed by atoms with E-state index in [-0.39, 0.29) is 6.03 Å². The average Bonchev–Trinajstić information content (AvgIpc) is 2.36. The van der Waals surface area contributed by atoms with Gasteiger partial charge in [0.2, 0.25) is 0 Å². The van der Waals surface area contributed by atoms with Crippen LogP contribution >= 0.6 is 11.6 Å². The molecule has 0 radical (unpaired) electrons. The highest BCUT2D eigenvalue weighted by atomic mass is 35.5. The van der Waals surface area contributed by atoms with E-state index in [1.54, 1.807) is 31.5 Å². The topological polar surface area (TPSA) is 50.4 Å².